The van der Waals surface area contributed by atoms with Crippen LogP contribution in [-0.4, -0.2) is 38.4 Å². The molecule has 1 rings (SSSR count). The summed E-state index contributed by atoms with van der Waals surface area (Å²) < 4.78 is 5.57. The number of piperidine rings is 1. The van der Waals surface area contributed by atoms with Crippen molar-refractivity contribution < 1.29 is 4.74 Å². The number of ether oxygens (including phenoxy) is 1. The third-order valence-electron chi connectivity index (χ3n) is 3.46. The van der Waals surface area contributed by atoms with E-state index in [2.05, 4.69) is 31.4 Å². The predicted octanol–water partition coefficient (Wildman–Crippen LogP) is 2.56. The van der Waals surface area contributed by atoms with Gasteiger partial charge in [0.05, 0.1) is 0 Å². The summed E-state index contributed by atoms with van der Waals surface area (Å²) in [6.45, 7) is 10.7. The van der Waals surface area contributed by atoms with Crippen LogP contribution in [0.1, 0.15) is 52.9 Å². The second-order valence-electron chi connectivity index (χ2n) is 6.06. The van der Waals surface area contributed by atoms with Crippen molar-refractivity contribution in [3.05, 3.63) is 0 Å². The summed E-state index contributed by atoms with van der Waals surface area (Å²) in [5.41, 5.74) is 0. The number of rotatable bonds is 9. The highest BCUT2D eigenvalue weighted by Gasteiger charge is 2.14. The summed E-state index contributed by atoms with van der Waals surface area (Å²) in [4.78, 5) is 0. The van der Waals surface area contributed by atoms with E-state index < -0.39 is 0 Å². The summed E-state index contributed by atoms with van der Waals surface area (Å²) in [5.74, 6) is 0.647. The molecule has 1 aliphatic heterocycles. The molecule has 0 aromatic carbocycles. The first-order chi connectivity index (χ1) is 8.68. The predicted molar refractivity (Wildman–Crippen MR) is 78.0 cm³/mol. The maximum absolute atomic E-state index is 5.57. The second kappa shape index (κ2) is 9.76. The molecule has 2 atom stereocenters. The molecule has 0 bridgehead atoms. The van der Waals surface area contributed by atoms with E-state index in [1.54, 1.807) is 0 Å². The van der Waals surface area contributed by atoms with E-state index in [4.69, 9.17) is 4.74 Å². The van der Waals surface area contributed by atoms with Crippen LogP contribution in [0.25, 0.3) is 0 Å². The monoisotopic (exact) mass is 256 g/mol. The van der Waals surface area contributed by atoms with Gasteiger partial charge in [0.15, 0.2) is 0 Å². The number of hydrogen-bond acceptors (Lipinski definition) is 3. The minimum absolute atomic E-state index is 0.616. The zero-order chi connectivity index (χ0) is 13.2. The molecule has 108 valence electrons. The van der Waals surface area contributed by atoms with Gasteiger partial charge in [0.25, 0.3) is 0 Å². The van der Waals surface area contributed by atoms with Gasteiger partial charge in [-0.2, -0.15) is 0 Å². The summed E-state index contributed by atoms with van der Waals surface area (Å²) in [7, 11) is 0. The molecule has 1 saturated heterocycles. The SMILES string of the molecule is CC(C)COCCCNC(C)CC1CCCCN1. The lowest BCUT2D eigenvalue weighted by atomic mass is 9.99. The highest BCUT2D eigenvalue weighted by Crippen LogP contribution is 2.11. The van der Waals surface area contributed by atoms with Crippen LogP contribution in [0.4, 0.5) is 0 Å². The Labute approximate surface area is 113 Å². The van der Waals surface area contributed by atoms with Crippen LogP contribution < -0.4 is 10.6 Å². The minimum atomic E-state index is 0.616. The fraction of sp³-hybridized carbons (Fsp3) is 1.00. The molecule has 2 N–H and O–H groups in total. The Morgan fingerprint density at radius 2 is 2.11 bits per heavy atom. The van der Waals surface area contributed by atoms with Gasteiger partial charge in [-0.15, -0.1) is 0 Å². The zero-order valence-corrected chi connectivity index (χ0v) is 12.5. The molecule has 1 heterocycles. The fourth-order valence-corrected chi connectivity index (χ4v) is 2.48. The Hall–Kier alpha value is -0.120. The molecule has 0 aromatic heterocycles. The van der Waals surface area contributed by atoms with Crippen molar-refractivity contribution in [3.63, 3.8) is 0 Å². The van der Waals surface area contributed by atoms with Crippen molar-refractivity contribution in [3.8, 4) is 0 Å². The Kier molecular flexibility index (Phi) is 8.64. The Morgan fingerprint density at radius 3 is 2.78 bits per heavy atom. The molecule has 1 fully saturated rings. The smallest absolute Gasteiger partial charge is 0.0489 e. The van der Waals surface area contributed by atoms with Gasteiger partial charge in [-0.05, 0) is 51.6 Å². The van der Waals surface area contributed by atoms with Crippen LogP contribution in [0.5, 0.6) is 0 Å². The Bertz CT molecular complexity index is 191. The first-order valence-corrected chi connectivity index (χ1v) is 7.73. The van der Waals surface area contributed by atoms with Gasteiger partial charge in [0, 0.05) is 25.3 Å². The van der Waals surface area contributed by atoms with Crippen molar-refractivity contribution in [2.45, 2.75) is 65.0 Å². The molecule has 0 saturated carbocycles. The molecule has 18 heavy (non-hydrogen) atoms. The molecule has 0 amide bonds. The zero-order valence-electron chi connectivity index (χ0n) is 12.5. The first kappa shape index (κ1) is 15.9. The molecular weight excluding hydrogens is 224 g/mol. The fourth-order valence-electron chi connectivity index (χ4n) is 2.48. The average Bonchev–Trinajstić information content (AvgIpc) is 2.34. The van der Waals surface area contributed by atoms with Crippen LogP contribution >= 0.6 is 0 Å². The van der Waals surface area contributed by atoms with Crippen LogP contribution in [0, 0.1) is 5.92 Å². The van der Waals surface area contributed by atoms with Crippen molar-refractivity contribution >= 4 is 0 Å². The van der Waals surface area contributed by atoms with Gasteiger partial charge in [-0.25, -0.2) is 0 Å². The van der Waals surface area contributed by atoms with Gasteiger partial charge in [-0.1, -0.05) is 20.3 Å². The lowest BCUT2D eigenvalue weighted by Gasteiger charge is -2.26. The summed E-state index contributed by atoms with van der Waals surface area (Å²) in [6.07, 6.45) is 6.48. The molecule has 0 radical (unpaired) electrons. The van der Waals surface area contributed by atoms with Crippen LogP contribution in [0.2, 0.25) is 0 Å². The Morgan fingerprint density at radius 1 is 1.28 bits per heavy atom. The molecule has 3 heteroatoms. The molecule has 0 spiro atoms. The van der Waals surface area contributed by atoms with E-state index in [1.807, 2.05) is 0 Å². The van der Waals surface area contributed by atoms with Crippen LogP contribution in [0.3, 0.4) is 0 Å². The Balaban J connectivity index is 1.91. The quantitative estimate of drug-likeness (QED) is 0.622. The summed E-state index contributed by atoms with van der Waals surface area (Å²) in [6, 6.07) is 1.35. The largest absolute Gasteiger partial charge is 0.381 e. The minimum Gasteiger partial charge on any atom is -0.381 e. The van der Waals surface area contributed by atoms with E-state index in [1.165, 1.54) is 32.2 Å². The van der Waals surface area contributed by atoms with E-state index in [-0.39, 0.29) is 0 Å². The maximum atomic E-state index is 5.57. The van der Waals surface area contributed by atoms with E-state index in [0.717, 1.165) is 32.2 Å². The van der Waals surface area contributed by atoms with Gasteiger partial charge in [0.2, 0.25) is 0 Å². The first-order valence-electron chi connectivity index (χ1n) is 7.73. The van der Waals surface area contributed by atoms with Crippen molar-refractivity contribution in [1.29, 1.82) is 0 Å². The lowest BCUT2D eigenvalue weighted by molar-refractivity contribution is 0.107. The van der Waals surface area contributed by atoms with Crippen molar-refractivity contribution in [2.75, 3.05) is 26.3 Å². The normalized spacial score (nSPS) is 22.3. The van der Waals surface area contributed by atoms with Crippen molar-refractivity contribution in [2.24, 2.45) is 5.92 Å². The third kappa shape index (κ3) is 8.06. The van der Waals surface area contributed by atoms with Gasteiger partial charge in [0.1, 0.15) is 0 Å². The molecule has 1 aliphatic rings. The van der Waals surface area contributed by atoms with Crippen molar-refractivity contribution in [1.82, 2.24) is 10.6 Å². The number of nitrogens with one attached hydrogen (secondary N) is 2. The highest BCUT2D eigenvalue weighted by molar-refractivity contribution is 4.76. The molecule has 0 aliphatic carbocycles. The standard InChI is InChI=1S/C15H32N2O/c1-13(2)12-18-10-6-9-16-14(3)11-15-7-4-5-8-17-15/h13-17H,4-12H2,1-3H3. The lowest BCUT2D eigenvalue weighted by Crippen LogP contribution is -2.40. The second-order valence-corrected chi connectivity index (χ2v) is 6.06. The topological polar surface area (TPSA) is 33.3 Å². The summed E-state index contributed by atoms with van der Waals surface area (Å²) >= 11 is 0. The van der Waals surface area contributed by atoms with Crippen LogP contribution in [-0.2, 0) is 4.74 Å². The third-order valence-corrected chi connectivity index (χ3v) is 3.46. The van der Waals surface area contributed by atoms with E-state index in [0.29, 0.717) is 12.0 Å². The van der Waals surface area contributed by atoms with E-state index >= 15 is 0 Å². The summed E-state index contributed by atoms with van der Waals surface area (Å²) in [5, 5.41) is 7.21. The molecular formula is C15H32N2O. The maximum Gasteiger partial charge on any atom is 0.0489 e. The number of hydrogen-bond donors (Lipinski definition) is 2. The van der Waals surface area contributed by atoms with E-state index in [9.17, 15) is 0 Å². The van der Waals surface area contributed by atoms with Gasteiger partial charge >= 0.3 is 0 Å². The molecule has 2 unspecified atom stereocenters. The van der Waals surface area contributed by atoms with Crippen LogP contribution in [0.15, 0.2) is 0 Å². The molecule has 3 nitrogen and oxygen atoms in total. The van der Waals surface area contributed by atoms with Gasteiger partial charge in [-0.3, -0.25) is 0 Å². The van der Waals surface area contributed by atoms with Gasteiger partial charge < -0.3 is 15.4 Å². The molecule has 0 aromatic rings. The average molecular weight is 256 g/mol. The highest BCUT2D eigenvalue weighted by atomic mass is 16.5.